The number of carbonyl (C=O) groups is 1. The Kier molecular flexibility index (Phi) is 5.20. The number of nitrogens with one attached hydrogen (secondary N) is 1. The van der Waals surface area contributed by atoms with E-state index in [1.807, 2.05) is 42.0 Å². The van der Waals surface area contributed by atoms with E-state index in [0.717, 1.165) is 11.5 Å². The summed E-state index contributed by atoms with van der Waals surface area (Å²) in [5, 5.41) is 2.92. The van der Waals surface area contributed by atoms with Gasteiger partial charge in [-0.15, -0.1) is 0 Å². The van der Waals surface area contributed by atoms with E-state index < -0.39 is 0 Å². The van der Waals surface area contributed by atoms with Gasteiger partial charge in [0.2, 0.25) is 0 Å². The Hall–Kier alpha value is -2.70. The zero-order valence-electron chi connectivity index (χ0n) is 13.7. The SMILES string of the molecule is CCN(C[C@@H]1COc2ccccc2O1)C(=O)NCCn1ccnc1. The normalized spacial score (nSPS) is 15.8. The van der Waals surface area contributed by atoms with Crippen LogP contribution in [0.3, 0.4) is 0 Å². The quantitative estimate of drug-likeness (QED) is 0.876. The zero-order chi connectivity index (χ0) is 16.8. The predicted molar refractivity (Wildman–Crippen MR) is 89.2 cm³/mol. The molecule has 7 heteroatoms. The number of rotatable bonds is 6. The highest BCUT2D eigenvalue weighted by Gasteiger charge is 2.24. The van der Waals surface area contributed by atoms with Crippen molar-refractivity contribution >= 4 is 6.03 Å². The number of para-hydroxylation sites is 2. The molecule has 2 amide bonds. The van der Waals surface area contributed by atoms with Crippen LogP contribution in [0.25, 0.3) is 0 Å². The smallest absolute Gasteiger partial charge is 0.317 e. The van der Waals surface area contributed by atoms with Crippen molar-refractivity contribution in [3.05, 3.63) is 43.0 Å². The van der Waals surface area contributed by atoms with E-state index >= 15 is 0 Å². The first-order chi connectivity index (χ1) is 11.8. The van der Waals surface area contributed by atoms with Crippen LogP contribution >= 0.6 is 0 Å². The van der Waals surface area contributed by atoms with Crippen LogP contribution in [0.4, 0.5) is 4.79 Å². The molecule has 0 radical (unpaired) electrons. The van der Waals surface area contributed by atoms with Gasteiger partial charge in [-0.25, -0.2) is 9.78 Å². The van der Waals surface area contributed by atoms with Gasteiger partial charge in [-0.2, -0.15) is 0 Å². The van der Waals surface area contributed by atoms with Gasteiger partial charge in [-0.05, 0) is 19.1 Å². The molecule has 1 aromatic carbocycles. The number of nitrogens with zero attached hydrogens (tertiary/aromatic N) is 3. The Labute approximate surface area is 141 Å². The largest absolute Gasteiger partial charge is 0.486 e. The standard InChI is InChI=1S/C17H22N4O3/c1-2-21(17(22)19-8-10-20-9-7-18-13-20)11-14-12-23-15-5-3-4-6-16(15)24-14/h3-7,9,13-14H,2,8,10-12H2,1H3,(H,19,22)/t14-/m1/s1. The Balaban J connectivity index is 1.48. The molecule has 0 saturated heterocycles. The molecule has 1 atom stereocenters. The molecule has 0 saturated carbocycles. The molecule has 128 valence electrons. The summed E-state index contributed by atoms with van der Waals surface area (Å²) < 4.78 is 13.5. The molecule has 0 spiro atoms. The number of carbonyl (C=O) groups excluding carboxylic acids is 1. The van der Waals surface area contributed by atoms with Crippen molar-refractivity contribution in [2.24, 2.45) is 0 Å². The summed E-state index contributed by atoms with van der Waals surface area (Å²) in [5.74, 6) is 1.48. The summed E-state index contributed by atoms with van der Waals surface area (Å²) in [7, 11) is 0. The highest BCUT2D eigenvalue weighted by Crippen LogP contribution is 2.30. The first kappa shape index (κ1) is 16.2. The minimum atomic E-state index is -0.167. The molecule has 0 fully saturated rings. The second-order valence-corrected chi connectivity index (χ2v) is 5.57. The number of ether oxygens (including phenoxy) is 2. The summed E-state index contributed by atoms with van der Waals surface area (Å²) in [4.78, 5) is 18.0. The maximum Gasteiger partial charge on any atom is 0.317 e. The van der Waals surface area contributed by atoms with Crippen molar-refractivity contribution in [1.82, 2.24) is 19.8 Å². The van der Waals surface area contributed by atoms with Crippen LogP contribution in [0, 0.1) is 0 Å². The first-order valence-corrected chi connectivity index (χ1v) is 8.13. The fraction of sp³-hybridized carbons (Fsp3) is 0.412. The van der Waals surface area contributed by atoms with Gasteiger partial charge < -0.3 is 24.3 Å². The molecule has 1 aromatic heterocycles. The third-order valence-corrected chi connectivity index (χ3v) is 3.87. The highest BCUT2D eigenvalue weighted by molar-refractivity contribution is 5.74. The summed E-state index contributed by atoms with van der Waals surface area (Å²) in [6.45, 7) is 4.74. The lowest BCUT2D eigenvalue weighted by Crippen LogP contribution is -2.47. The van der Waals surface area contributed by atoms with Gasteiger partial charge in [-0.3, -0.25) is 0 Å². The molecule has 7 nitrogen and oxygen atoms in total. The fourth-order valence-electron chi connectivity index (χ4n) is 2.58. The van der Waals surface area contributed by atoms with Crippen molar-refractivity contribution < 1.29 is 14.3 Å². The number of fused-ring (bicyclic) bond motifs is 1. The molecule has 0 bridgehead atoms. The van der Waals surface area contributed by atoms with Gasteiger partial charge in [0.15, 0.2) is 17.6 Å². The number of urea groups is 1. The van der Waals surface area contributed by atoms with E-state index in [-0.39, 0.29) is 12.1 Å². The van der Waals surface area contributed by atoms with Crippen molar-refractivity contribution in [1.29, 1.82) is 0 Å². The van der Waals surface area contributed by atoms with Crippen LogP contribution in [-0.2, 0) is 6.54 Å². The van der Waals surface area contributed by atoms with Crippen LogP contribution in [-0.4, -0.2) is 52.8 Å². The van der Waals surface area contributed by atoms with E-state index in [9.17, 15) is 4.79 Å². The molecule has 1 N–H and O–H groups in total. The number of hydrogen-bond donors (Lipinski definition) is 1. The number of benzene rings is 1. The number of imidazole rings is 1. The summed E-state index contributed by atoms with van der Waals surface area (Å²) in [5.41, 5.74) is 0. The molecular formula is C17H22N4O3. The van der Waals surface area contributed by atoms with E-state index in [2.05, 4.69) is 10.3 Å². The summed E-state index contributed by atoms with van der Waals surface area (Å²) in [6.07, 6.45) is 5.15. The average molecular weight is 330 g/mol. The summed E-state index contributed by atoms with van der Waals surface area (Å²) >= 11 is 0. The second-order valence-electron chi connectivity index (χ2n) is 5.57. The van der Waals surface area contributed by atoms with Gasteiger partial charge in [0.1, 0.15) is 6.61 Å². The maximum absolute atomic E-state index is 12.3. The van der Waals surface area contributed by atoms with E-state index in [1.165, 1.54) is 0 Å². The minimum absolute atomic E-state index is 0.0972. The lowest BCUT2D eigenvalue weighted by atomic mass is 10.2. The molecule has 24 heavy (non-hydrogen) atoms. The monoisotopic (exact) mass is 330 g/mol. The summed E-state index contributed by atoms with van der Waals surface area (Å²) in [6, 6.07) is 7.48. The Morgan fingerprint density at radius 3 is 3.00 bits per heavy atom. The molecule has 2 heterocycles. The molecule has 1 aliphatic rings. The molecule has 3 rings (SSSR count). The van der Waals surface area contributed by atoms with E-state index in [4.69, 9.17) is 9.47 Å². The Morgan fingerprint density at radius 1 is 1.42 bits per heavy atom. The third kappa shape index (κ3) is 3.98. The van der Waals surface area contributed by atoms with Crippen molar-refractivity contribution in [3.63, 3.8) is 0 Å². The molecule has 0 aliphatic carbocycles. The maximum atomic E-state index is 12.3. The zero-order valence-corrected chi connectivity index (χ0v) is 13.7. The number of likely N-dealkylation sites (N-methyl/N-ethyl adjacent to an activating group) is 1. The van der Waals surface area contributed by atoms with Gasteiger partial charge in [0, 0.05) is 32.0 Å². The number of aromatic nitrogens is 2. The topological polar surface area (TPSA) is 68.6 Å². The lowest BCUT2D eigenvalue weighted by Gasteiger charge is -2.31. The lowest BCUT2D eigenvalue weighted by molar-refractivity contribution is 0.0675. The van der Waals surface area contributed by atoms with Crippen LogP contribution in [0.1, 0.15) is 6.92 Å². The predicted octanol–water partition coefficient (Wildman–Crippen LogP) is 1.75. The van der Waals surface area contributed by atoms with Crippen molar-refractivity contribution in [3.8, 4) is 11.5 Å². The van der Waals surface area contributed by atoms with Crippen molar-refractivity contribution in [2.75, 3.05) is 26.2 Å². The van der Waals surface area contributed by atoms with Crippen LogP contribution in [0.5, 0.6) is 11.5 Å². The van der Waals surface area contributed by atoms with Crippen molar-refractivity contribution in [2.45, 2.75) is 19.6 Å². The van der Waals surface area contributed by atoms with E-state index in [1.54, 1.807) is 17.4 Å². The number of amides is 2. The average Bonchev–Trinajstić information content (AvgIpc) is 3.13. The minimum Gasteiger partial charge on any atom is -0.486 e. The molecule has 2 aromatic rings. The van der Waals surface area contributed by atoms with E-state index in [0.29, 0.717) is 32.8 Å². The Bertz CT molecular complexity index is 660. The number of hydrogen-bond acceptors (Lipinski definition) is 4. The molecule has 0 unspecified atom stereocenters. The van der Waals surface area contributed by atoms with Gasteiger partial charge in [0.05, 0.1) is 12.9 Å². The molecular weight excluding hydrogens is 308 g/mol. The fourth-order valence-corrected chi connectivity index (χ4v) is 2.58. The van der Waals surface area contributed by atoms with Crippen LogP contribution < -0.4 is 14.8 Å². The Morgan fingerprint density at radius 2 is 2.25 bits per heavy atom. The second kappa shape index (κ2) is 7.72. The third-order valence-electron chi connectivity index (χ3n) is 3.87. The highest BCUT2D eigenvalue weighted by atomic mass is 16.6. The van der Waals surface area contributed by atoms with Gasteiger partial charge in [-0.1, -0.05) is 12.1 Å². The van der Waals surface area contributed by atoms with Crippen LogP contribution in [0.2, 0.25) is 0 Å². The van der Waals surface area contributed by atoms with Crippen LogP contribution in [0.15, 0.2) is 43.0 Å². The van der Waals surface area contributed by atoms with Gasteiger partial charge >= 0.3 is 6.03 Å². The van der Waals surface area contributed by atoms with Gasteiger partial charge in [0.25, 0.3) is 0 Å². The first-order valence-electron chi connectivity index (χ1n) is 8.13. The molecule has 1 aliphatic heterocycles.